The molecule has 1 aromatic carbocycles. The Balaban J connectivity index is 2.71. The Bertz CT molecular complexity index is 318. The van der Waals surface area contributed by atoms with Crippen molar-refractivity contribution in [1.29, 1.82) is 0 Å². The minimum Gasteiger partial charge on any atom is -0.403 e. The van der Waals surface area contributed by atoms with Gasteiger partial charge in [0.25, 0.3) is 0 Å². The molecule has 0 aliphatic carbocycles. The number of hydrogen-bond acceptors (Lipinski definition) is 1. The number of benzene rings is 1. The average Bonchev–Trinajstić information content (AvgIpc) is 2.09. The van der Waals surface area contributed by atoms with E-state index in [9.17, 15) is 0 Å². The van der Waals surface area contributed by atoms with Gasteiger partial charge in [0.05, 0.1) is 0 Å². The maximum Gasteiger partial charge on any atom is 0.0440 e. The van der Waals surface area contributed by atoms with Gasteiger partial charge in [-0.3, -0.25) is 0 Å². The van der Waals surface area contributed by atoms with Crippen LogP contribution in [-0.2, 0) is 6.42 Å². The van der Waals surface area contributed by atoms with E-state index in [0.717, 1.165) is 23.6 Å². The van der Waals surface area contributed by atoms with Gasteiger partial charge in [-0.2, -0.15) is 0 Å². The molecule has 0 fully saturated rings. The van der Waals surface area contributed by atoms with Crippen molar-refractivity contribution in [1.82, 2.24) is 0 Å². The summed E-state index contributed by atoms with van der Waals surface area (Å²) in [5.41, 5.74) is 8.91. The fourth-order valence-electron chi connectivity index (χ4n) is 1.43. The first-order valence-electron chi connectivity index (χ1n) is 4.77. The maximum absolute atomic E-state index is 6.09. The second-order valence-corrected chi connectivity index (χ2v) is 3.93. The molecule has 0 bridgehead atoms. The van der Waals surface area contributed by atoms with Crippen LogP contribution in [0.25, 0.3) is 0 Å². The summed E-state index contributed by atoms with van der Waals surface area (Å²) in [7, 11) is 0. The number of allylic oxidation sites excluding steroid dienone is 2. The molecule has 0 aliphatic heterocycles. The van der Waals surface area contributed by atoms with Gasteiger partial charge >= 0.3 is 0 Å². The molecule has 2 heteroatoms. The predicted octanol–water partition coefficient (Wildman–Crippen LogP) is 3.44. The zero-order valence-electron chi connectivity index (χ0n) is 8.68. The van der Waals surface area contributed by atoms with Gasteiger partial charge in [0.1, 0.15) is 0 Å². The SMILES string of the molecule is C/C(N)=C/CCc1c(C)cccc1Cl. The van der Waals surface area contributed by atoms with Crippen molar-refractivity contribution in [2.45, 2.75) is 26.7 Å². The molecule has 0 saturated carbocycles. The Morgan fingerprint density at radius 2 is 2.21 bits per heavy atom. The summed E-state index contributed by atoms with van der Waals surface area (Å²) in [6.07, 6.45) is 3.94. The molecule has 1 nitrogen and oxygen atoms in total. The second-order valence-electron chi connectivity index (χ2n) is 3.52. The van der Waals surface area contributed by atoms with Crippen LogP contribution in [0.15, 0.2) is 30.0 Å². The average molecular weight is 210 g/mol. The van der Waals surface area contributed by atoms with Crippen LogP contribution in [0.5, 0.6) is 0 Å². The highest BCUT2D eigenvalue weighted by Gasteiger charge is 2.01. The first-order chi connectivity index (χ1) is 6.61. The van der Waals surface area contributed by atoms with Gasteiger partial charge in [-0.1, -0.05) is 29.8 Å². The molecule has 2 N–H and O–H groups in total. The molecule has 1 aromatic rings. The molecule has 0 radical (unpaired) electrons. The minimum atomic E-state index is 0.855. The third kappa shape index (κ3) is 3.08. The number of rotatable bonds is 3. The standard InChI is InChI=1S/C12H16ClN/c1-9-5-3-8-12(13)11(9)7-4-6-10(2)14/h3,5-6,8H,4,7,14H2,1-2H3/b10-6-. The van der Waals surface area contributed by atoms with Gasteiger partial charge in [0.2, 0.25) is 0 Å². The normalized spacial score (nSPS) is 11.8. The lowest BCUT2D eigenvalue weighted by atomic mass is 10.0. The van der Waals surface area contributed by atoms with Crippen molar-refractivity contribution >= 4 is 11.6 Å². The van der Waals surface area contributed by atoms with Gasteiger partial charge in [-0.15, -0.1) is 0 Å². The Hall–Kier alpha value is -0.950. The first kappa shape index (κ1) is 11.1. The molecule has 0 aliphatic rings. The van der Waals surface area contributed by atoms with Crippen molar-refractivity contribution in [3.05, 3.63) is 46.1 Å². The van der Waals surface area contributed by atoms with Crippen molar-refractivity contribution in [2.75, 3.05) is 0 Å². The maximum atomic E-state index is 6.09. The molecule has 0 aromatic heterocycles. The molecule has 0 spiro atoms. The van der Waals surface area contributed by atoms with E-state index < -0.39 is 0 Å². The summed E-state index contributed by atoms with van der Waals surface area (Å²) in [6.45, 7) is 3.99. The number of aryl methyl sites for hydroxylation is 1. The Labute approximate surface area is 90.6 Å². The fraction of sp³-hybridized carbons (Fsp3) is 0.333. The molecular weight excluding hydrogens is 194 g/mol. The second kappa shape index (κ2) is 5.06. The lowest BCUT2D eigenvalue weighted by Gasteiger charge is -2.06. The monoisotopic (exact) mass is 209 g/mol. The highest BCUT2D eigenvalue weighted by atomic mass is 35.5. The van der Waals surface area contributed by atoms with Gasteiger partial charge in [-0.25, -0.2) is 0 Å². The number of halogens is 1. The van der Waals surface area contributed by atoms with Gasteiger partial charge < -0.3 is 5.73 Å². The summed E-state index contributed by atoms with van der Waals surface area (Å²) < 4.78 is 0. The van der Waals surface area contributed by atoms with E-state index in [4.69, 9.17) is 17.3 Å². The topological polar surface area (TPSA) is 26.0 Å². The number of hydrogen-bond donors (Lipinski definition) is 1. The van der Waals surface area contributed by atoms with Crippen LogP contribution in [-0.4, -0.2) is 0 Å². The van der Waals surface area contributed by atoms with Crippen LogP contribution < -0.4 is 5.73 Å². The molecule has 0 unspecified atom stereocenters. The minimum absolute atomic E-state index is 0.855. The lowest BCUT2D eigenvalue weighted by molar-refractivity contribution is 0.973. The molecule has 1 rings (SSSR count). The van der Waals surface area contributed by atoms with Crippen LogP contribution in [0, 0.1) is 6.92 Å². The van der Waals surface area contributed by atoms with Crippen LogP contribution in [0.3, 0.4) is 0 Å². The zero-order chi connectivity index (χ0) is 10.6. The molecule has 0 amide bonds. The highest BCUT2D eigenvalue weighted by Crippen LogP contribution is 2.21. The summed E-state index contributed by atoms with van der Waals surface area (Å²) in [4.78, 5) is 0. The van der Waals surface area contributed by atoms with Crippen LogP contribution in [0.1, 0.15) is 24.5 Å². The van der Waals surface area contributed by atoms with Crippen LogP contribution >= 0.6 is 11.6 Å². The summed E-state index contributed by atoms with van der Waals surface area (Å²) >= 11 is 6.09. The van der Waals surface area contributed by atoms with Crippen molar-refractivity contribution < 1.29 is 0 Å². The Morgan fingerprint density at radius 1 is 1.50 bits per heavy atom. The third-order valence-electron chi connectivity index (χ3n) is 2.21. The molecule has 0 heterocycles. The van der Waals surface area contributed by atoms with E-state index >= 15 is 0 Å². The summed E-state index contributed by atoms with van der Waals surface area (Å²) in [5, 5.41) is 0.855. The van der Waals surface area contributed by atoms with Gasteiger partial charge in [0, 0.05) is 10.7 Å². The summed E-state index contributed by atoms with van der Waals surface area (Å²) in [6, 6.07) is 5.99. The lowest BCUT2D eigenvalue weighted by Crippen LogP contribution is -1.93. The quantitative estimate of drug-likeness (QED) is 0.811. The van der Waals surface area contributed by atoms with E-state index in [1.807, 2.05) is 25.1 Å². The smallest absolute Gasteiger partial charge is 0.0440 e. The van der Waals surface area contributed by atoms with Crippen LogP contribution in [0.4, 0.5) is 0 Å². The third-order valence-corrected chi connectivity index (χ3v) is 2.57. The van der Waals surface area contributed by atoms with Gasteiger partial charge in [0.15, 0.2) is 0 Å². The van der Waals surface area contributed by atoms with E-state index in [2.05, 4.69) is 13.0 Å². The van der Waals surface area contributed by atoms with Crippen molar-refractivity contribution in [3.8, 4) is 0 Å². The Kier molecular flexibility index (Phi) is 4.02. The van der Waals surface area contributed by atoms with E-state index in [-0.39, 0.29) is 0 Å². The van der Waals surface area contributed by atoms with Crippen LogP contribution in [0.2, 0.25) is 5.02 Å². The highest BCUT2D eigenvalue weighted by molar-refractivity contribution is 6.31. The van der Waals surface area contributed by atoms with Crippen molar-refractivity contribution in [2.24, 2.45) is 5.73 Å². The molecule has 14 heavy (non-hydrogen) atoms. The Morgan fingerprint density at radius 3 is 2.79 bits per heavy atom. The van der Waals surface area contributed by atoms with Gasteiger partial charge in [-0.05, 0) is 43.9 Å². The molecule has 0 saturated heterocycles. The van der Waals surface area contributed by atoms with Crippen molar-refractivity contribution in [3.63, 3.8) is 0 Å². The van der Waals surface area contributed by atoms with E-state index in [1.165, 1.54) is 11.1 Å². The predicted molar refractivity (Wildman–Crippen MR) is 62.5 cm³/mol. The number of nitrogens with two attached hydrogens (primary N) is 1. The largest absolute Gasteiger partial charge is 0.403 e. The zero-order valence-corrected chi connectivity index (χ0v) is 9.43. The van der Waals surface area contributed by atoms with E-state index in [0.29, 0.717) is 0 Å². The van der Waals surface area contributed by atoms with E-state index in [1.54, 1.807) is 0 Å². The fourth-order valence-corrected chi connectivity index (χ4v) is 1.74. The summed E-state index contributed by atoms with van der Waals surface area (Å²) in [5.74, 6) is 0. The molecular formula is C12H16ClN. The molecule has 76 valence electrons. The molecule has 0 atom stereocenters. The first-order valence-corrected chi connectivity index (χ1v) is 5.15.